The summed E-state index contributed by atoms with van der Waals surface area (Å²) in [6.45, 7) is 3.66. The van der Waals surface area contributed by atoms with Crippen molar-refractivity contribution >= 4 is 11.9 Å². The van der Waals surface area contributed by atoms with Crippen LogP contribution in [0, 0.1) is 0 Å². The zero-order chi connectivity index (χ0) is 23.1. The standard InChI is InChI=1S/C26H27NO5/c1-18(2)32-22-13-11-19(12-14-22)16-27(17-25(28)29)26(30)21-8-6-7-20(15-21)23-9-4-5-10-24(23)31-3/h4-15,18H,16-17H2,1-3H3,(H,28,29). The first-order chi connectivity index (χ1) is 15.4. The molecular weight excluding hydrogens is 406 g/mol. The molecule has 1 amide bonds. The second-order valence-corrected chi connectivity index (χ2v) is 7.65. The highest BCUT2D eigenvalue weighted by atomic mass is 16.5. The van der Waals surface area contributed by atoms with E-state index < -0.39 is 12.5 Å². The molecule has 0 heterocycles. The van der Waals surface area contributed by atoms with Gasteiger partial charge in [0.1, 0.15) is 18.0 Å². The predicted molar refractivity (Wildman–Crippen MR) is 123 cm³/mol. The zero-order valence-electron chi connectivity index (χ0n) is 18.4. The third-order valence-electron chi connectivity index (χ3n) is 4.81. The number of ether oxygens (including phenoxy) is 2. The monoisotopic (exact) mass is 433 g/mol. The van der Waals surface area contributed by atoms with Gasteiger partial charge in [-0.2, -0.15) is 0 Å². The van der Waals surface area contributed by atoms with Crippen molar-refractivity contribution < 1.29 is 24.2 Å². The summed E-state index contributed by atoms with van der Waals surface area (Å²) in [6.07, 6.45) is 0.0569. The van der Waals surface area contributed by atoms with Crippen molar-refractivity contribution in [1.29, 1.82) is 0 Å². The third kappa shape index (κ3) is 5.88. The lowest BCUT2D eigenvalue weighted by Gasteiger charge is -2.22. The number of nitrogens with zero attached hydrogens (tertiary/aromatic N) is 1. The molecule has 0 aromatic heterocycles. The molecule has 0 aliphatic rings. The maximum Gasteiger partial charge on any atom is 0.323 e. The van der Waals surface area contributed by atoms with E-state index in [1.165, 1.54) is 4.90 Å². The van der Waals surface area contributed by atoms with Crippen molar-refractivity contribution in [3.63, 3.8) is 0 Å². The number of amides is 1. The normalized spacial score (nSPS) is 10.6. The molecule has 0 saturated carbocycles. The minimum Gasteiger partial charge on any atom is -0.496 e. The highest BCUT2D eigenvalue weighted by molar-refractivity contribution is 5.97. The number of aliphatic carboxylic acids is 1. The lowest BCUT2D eigenvalue weighted by molar-refractivity contribution is -0.137. The molecule has 6 nitrogen and oxygen atoms in total. The highest BCUT2D eigenvalue weighted by Crippen LogP contribution is 2.30. The molecule has 3 aromatic rings. The van der Waals surface area contributed by atoms with E-state index in [0.29, 0.717) is 11.3 Å². The third-order valence-corrected chi connectivity index (χ3v) is 4.81. The second kappa shape index (κ2) is 10.5. The Hall–Kier alpha value is -3.80. The molecule has 0 atom stereocenters. The van der Waals surface area contributed by atoms with E-state index in [1.54, 1.807) is 25.3 Å². The van der Waals surface area contributed by atoms with Crippen LogP contribution < -0.4 is 9.47 Å². The molecule has 0 aliphatic heterocycles. The van der Waals surface area contributed by atoms with E-state index in [0.717, 1.165) is 22.4 Å². The number of benzene rings is 3. The number of hydrogen-bond donors (Lipinski definition) is 1. The topological polar surface area (TPSA) is 76.1 Å². The first-order valence-corrected chi connectivity index (χ1v) is 10.4. The number of hydrogen-bond acceptors (Lipinski definition) is 4. The molecule has 166 valence electrons. The van der Waals surface area contributed by atoms with Gasteiger partial charge in [0, 0.05) is 17.7 Å². The van der Waals surface area contributed by atoms with Gasteiger partial charge in [0.15, 0.2) is 0 Å². The van der Waals surface area contributed by atoms with Crippen molar-refractivity contribution in [1.82, 2.24) is 4.90 Å². The number of carbonyl (C=O) groups excluding carboxylic acids is 1. The van der Waals surface area contributed by atoms with Gasteiger partial charge in [0.25, 0.3) is 5.91 Å². The first kappa shape index (κ1) is 22.9. The highest BCUT2D eigenvalue weighted by Gasteiger charge is 2.20. The number of carboxylic acids is 1. The van der Waals surface area contributed by atoms with Gasteiger partial charge in [-0.05, 0) is 55.3 Å². The van der Waals surface area contributed by atoms with E-state index in [-0.39, 0.29) is 18.6 Å². The Bertz CT molecular complexity index is 1080. The summed E-state index contributed by atoms with van der Waals surface area (Å²) in [5.41, 5.74) is 2.90. The van der Waals surface area contributed by atoms with E-state index in [2.05, 4.69) is 0 Å². The molecule has 1 N–H and O–H groups in total. The van der Waals surface area contributed by atoms with Crippen molar-refractivity contribution in [2.75, 3.05) is 13.7 Å². The summed E-state index contributed by atoms with van der Waals surface area (Å²) in [5.74, 6) is -0.00165. The van der Waals surface area contributed by atoms with Crippen molar-refractivity contribution in [2.24, 2.45) is 0 Å². The lowest BCUT2D eigenvalue weighted by atomic mass is 10.0. The largest absolute Gasteiger partial charge is 0.496 e. The van der Waals surface area contributed by atoms with Gasteiger partial charge in [0.2, 0.25) is 0 Å². The maximum atomic E-state index is 13.2. The maximum absolute atomic E-state index is 13.2. The minimum atomic E-state index is -1.07. The van der Waals surface area contributed by atoms with E-state index >= 15 is 0 Å². The Labute approximate surface area is 188 Å². The van der Waals surface area contributed by atoms with E-state index in [9.17, 15) is 14.7 Å². The predicted octanol–water partition coefficient (Wildman–Crippen LogP) is 4.88. The first-order valence-electron chi connectivity index (χ1n) is 10.4. The van der Waals surface area contributed by atoms with Gasteiger partial charge >= 0.3 is 5.97 Å². The molecule has 0 radical (unpaired) electrons. The van der Waals surface area contributed by atoms with Gasteiger partial charge in [-0.15, -0.1) is 0 Å². The summed E-state index contributed by atoms with van der Waals surface area (Å²) in [6, 6.07) is 22.0. The lowest BCUT2D eigenvalue weighted by Crippen LogP contribution is -2.35. The second-order valence-electron chi connectivity index (χ2n) is 7.65. The fourth-order valence-corrected chi connectivity index (χ4v) is 3.41. The molecule has 0 fully saturated rings. The van der Waals surface area contributed by atoms with E-state index in [4.69, 9.17) is 9.47 Å². The van der Waals surface area contributed by atoms with Crippen LogP contribution in [0.4, 0.5) is 0 Å². The molecule has 0 aliphatic carbocycles. The Morgan fingerprint density at radius 2 is 1.69 bits per heavy atom. The summed E-state index contributed by atoms with van der Waals surface area (Å²) in [4.78, 5) is 26.0. The molecule has 0 saturated heterocycles. The van der Waals surface area contributed by atoms with Crippen molar-refractivity contribution in [2.45, 2.75) is 26.5 Å². The van der Waals surface area contributed by atoms with Crippen LogP contribution in [0.1, 0.15) is 29.8 Å². The average molecular weight is 434 g/mol. The Morgan fingerprint density at radius 3 is 2.34 bits per heavy atom. The van der Waals surface area contributed by atoms with Gasteiger partial charge in [-0.3, -0.25) is 9.59 Å². The van der Waals surface area contributed by atoms with Crippen molar-refractivity contribution in [3.8, 4) is 22.6 Å². The zero-order valence-corrected chi connectivity index (χ0v) is 18.4. The minimum absolute atomic E-state index is 0.0569. The molecule has 32 heavy (non-hydrogen) atoms. The van der Waals surface area contributed by atoms with Gasteiger partial charge < -0.3 is 19.5 Å². The quantitative estimate of drug-likeness (QED) is 0.521. The molecule has 6 heteroatoms. The Balaban J connectivity index is 1.85. The molecule has 0 bridgehead atoms. The van der Waals surface area contributed by atoms with Gasteiger partial charge in [-0.1, -0.05) is 42.5 Å². The molecule has 3 rings (SSSR count). The van der Waals surface area contributed by atoms with Crippen LogP contribution in [0.25, 0.3) is 11.1 Å². The number of methoxy groups -OCH3 is 1. The number of para-hydroxylation sites is 1. The smallest absolute Gasteiger partial charge is 0.323 e. The van der Waals surface area contributed by atoms with Crippen molar-refractivity contribution in [3.05, 3.63) is 83.9 Å². The van der Waals surface area contributed by atoms with Crippen LogP contribution in [-0.2, 0) is 11.3 Å². The van der Waals surface area contributed by atoms with E-state index in [1.807, 2.05) is 68.4 Å². The van der Waals surface area contributed by atoms with Crippen LogP contribution >= 0.6 is 0 Å². The Morgan fingerprint density at radius 1 is 0.969 bits per heavy atom. The Kier molecular flexibility index (Phi) is 7.49. The molecule has 0 spiro atoms. The van der Waals surface area contributed by atoms with Gasteiger partial charge in [-0.25, -0.2) is 0 Å². The number of carboxylic acid groups (broad SMARTS) is 1. The van der Waals surface area contributed by atoms with Crippen LogP contribution in [0.5, 0.6) is 11.5 Å². The molecular formula is C26H27NO5. The fourth-order valence-electron chi connectivity index (χ4n) is 3.41. The summed E-state index contributed by atoms with van der Waals surface area (Å²) < 4.78 is 11.1. The number of rotatable bonds is 9. The summed E-state index contributed by atoms with van der Waals surface area (Å²) in [5, 5.41) is 9.37. The summed E-state index contributed by atoms with van der Waals surface area (Å²) in [7, 11) is 1.60. The summed E-state index contributed by atoms with van der Waals surface area (Å²) >= 11 is 0. The molecule has 3 aromatic carbocycles. The fraction of sp³-hybridized carbons (Fsp3) is 0.231. The molecule has 0 unspecified atom stereocenters. The van der Waals surface area contributed by atoms with Crippen LogP contribution in [-0.4, -0.2) is 41.6 Å². The van der Waals surface area contributed by atoms with Gasteiger partial charge in [0.05, 0.1) is 13.2 Å². The average Bonchev–Trinajstić information content (AvgIpc) is 2.79. The number of carbonyl (C=O) groups is 2. The van der Waals surface area contributed by atoms with Crippen LogP contribution in [0.2, 0.25) is 0 Å². The van der Waals surface area contributed by atoms with Crippen LogP contribution in [0.3, 0.4) is 0 Å². The SMILES string of the molecule is COc1ccccc1-c1cccc(C(=O)N(CC(=O)O)Cc2ccc(OC(C)C)cc2)c1. The van der Waals surface area contributed by atoms with Crippen LogP contribution in [0.15, 0.2) is 72.8 Å².